The van der Waals surface area contributed by atoms with E-state index in [0.717, 1.165) is 18.4 Å². The van der Waals surface area contributed by atoms with Gasteiger partial charge in [0.05, 0.1) is 6.61 Å². The Hall–Kier alpha value is -1.99. The van der Waals surface area contributed by atoms with E-state index in [1.807, 2.05) is 30.3 Å². The lowest BCUT2D eigenvalue weighted by Gasteiger charge is -2.36. The molecule has 0 N–H and O–H groups in total. The van der Waals surface area contributed by atoms with Gasteiger partial charge in [0.2, 0.25) is 0 Å². The standard InChI is InChI=1S/C18H23NO3/c1-3-11-21-13-17-9-10-19(15(2)12-17)18(20)22-14-16-7-5-4-6-8-16/h1,4-8,15,17H,9-14H2,2H3. The predicted molar refractivity (Wildman–Crippen MR) is 85.2 cm³/mol. The number of piperidine rings is 1. The zero-order valence-electron chi connectivity index (χ0n) is 13.0. The summed E-state index contributed by atoms with van der Waals surface area (Å²) in [4.78, 5) is 14.0. The molecule has 0 aliphatic carbocycles. The molecule has 2 unspecified atom stereocenters. The fourth-order valence-corrected chi connectivity index (χ4v) is 2.78. The minimum absolute atomic E-state index is 0.163. The van der Waals surface area contributed by atoms with Crippen molar-refractivity contribution >= 4 is 6.09 Å². The first-order valence-electron chi connectivity index (χ1n) is 7.69. The van der Waals surface area contributed by atoms with Crippen molar-refractivity contribution in [3.63, 3.8) is 0 Å². The van der Waals surface area contributed by atoms with E-state index in [0.29, 0.717) is 32.3 Å². The Balaban J connectivity index is 1.76. The summed E-state index contributed by atoms with van der Waals surface area (Å²) < 4.78 is 10.8. The van der Waals surface area contributed by atoms with Crippen molar-refractivity contribution in [2.75, 3.05) is 19.8 Å². The molecule has 1 saturated heterocycles. The van der Waals surface area contributed by atoms with Crippen LogP contribution in [-0.2, 0) is 16.1 Å². The molecule has 1 aromatic rings. The first kappa shape index (κ1) is 16.4. The van der Waals surface area contributed by atoms with Crippen molar-refractivity contribution in [2.24, 2.45) is 5.92 Å². The molecule has 4 nitrogen and oxygen atoms in total. The van der Waals surface area contributed by atoms with Crippen molar-refractivity contribution in [3.8, 4) is 12.3 Å². The van der Waals surface area contributed by atoms with E-state index >= 15 is 0 Å². The summed E-state index contributed by atoms with van der Waals surface area (Å²) in [6.07, 6.45) is 6.78. The van der Waals surface area contributed by atoms with Crippen LogP contribution >= 0.6 is 0 Å². The highest BCUT2D eigenvalue weighted by Gasteiger charge is 2.29. The van der Waals surface area contributed by atoms with Crippen molar-refractivity contribution in [3.05, 3.63) is 35.9 Å². The molecule has 1 aromatic carbocycles. The van der Waals surface area contributed by atoms with Gasteiger partial charge in [-0.25, -0.2) is 4.79 Å². The fraction of sp³-hybridized carbons (Fsp3) is 0.500. The summed E-state index contributed by atoms with van der Waals surface area (Å²) in [7, 11) is 0. The smallest absolute Gasteiger partial charge is 0.410 e. The van der Waals surface area contributed by atoms with Gasteiger partial charge in [-0.2, -0.15) is 0 Å². The number of hydrogen-bond donors (Lipinski definition) is 0. The Kier molecular flexibility index (Phi) is 6.29. The molecule has 0 bridgehead atoms. The fourth-order valence-electron chi connectivity index (χ4n) is 2.78. The van der Waals surface area contributed by atoms with Crippen LogP contribution in [0.3, 0.4) is 0 Å². The Bertz CT molecular complexity index is 509. The van der Waals surface area contributed by atoms with E-state index in [4.69, 9.17) is 15.9 Å². The molecular formula is C18H23NO3. The van der Waals surface area contributed by atoms with E-state index < -0.39 is 0 Å². The van der Waals surface area contributed by atoms with E-state index in [1.165, 1.54) is 0 Å². The number of hydrogen-bond acceptors (Lipinski definition) is 3. The van der Waals surface area contributed by atoms with E-state index in [-0.39, 0.29) is 12.1 Å². The van der Waals surface area contributed by atoms with Gasteiger partial charge in [0, 0.05) is 12.6 Å². The molecule has 0 radical (unpaired) electrons. The van der Waals surface area contributed by atoms with Gasteiger partial charge in [0.25, 0.3) is 0 Å². The van der Waals surface area contributed by atoms with Crippen LogP contribution in [-0.4, -0.2) is 36.8 Å². The quantitative estimate of drug-likeness (QED) is 0.620. The summed E-state index contributed by atoms with van der Waals surface area (Å²) in [5.41, 5.74) is 1.00. The monoisotopic (exact) mass is 301 g/mol. The number of nitrogens with zero attached hydrogens (tertiary/aromatic N) is 1. The zero-order valence-corrected chi connectivity index (χ0v) is 13.0. The predicted octanol–water partition coefficient (Wildman–Crippen LogP) is 3.07. The van der Waals surface area contributed by atoms with Gasteiger partial charge in [-0.3, -0.25) is 0 Å². The second-order valence-electron chi connectivity index (χ2n) is 5.69. The lowest BCUT2D eigenvalue weighted by Crippen LogP contribution is -2.45. The van der Waals surface area contributed by atoms with Crippen molar-refractivity contribution in [2.45, 2.75) is 32.4 Å². The maximum atomic E-state index is 12.2. The normalized spacial score (nSPS) is 21.2. The second-order valence-corrected chi connectivity index (χ2v) is 5.69. The number of ether oxygens (including phenoxy) is 2. The van der Waals surface area contributed by atoms with Crippen LogP contribution in [0.25, 0.3) is 0 Å². The lowest BCUT2D eigenvalue weighted by molar-refractivity contribution is 0.0402. The Morgan fingerprint density at radius 3 is 2.86 bits per heavy atom. The maximum absolute atomic E-state index is 12.2. The highest BCUT2D eigenvalue weighted by Crippen LogP contribution is 2.24. The molecule has 1 aliphatic heterocycles. The van der Waals surface area contributed by atoms with E-state index in [9.17, 15) is 4.79 Å². The van der Waals surface area contributed by atoms with E-state index in [1.54, 1.807) is 4.90 Å². The minimum Gasteiger partial charge on any atom is -0.445 e. The molecule has 2 rings (SSSR count). The first-order chi connectivity index (χ1) is 10.7. The van der Waals surface area contributed by atoms with Gasteiger partial charge in [-0.1, -0.05) is 36.3 Å². The molecule has 0 spiro atoms. The molecule has 4 heteroatoms. The Morgan fingerprint density at radius 1 is 1.41 bits per heavy atom. The number of terminal acetylenes is 1. The average molecular weight is 301 g/mol. The summed E-state index contributed by atoms with van der Waals surface area (Å²) in [5.74, 6) is 2.93. The van der Waals surface area contributed by atoms with Gasteiger partial charge in [-0.15, -0.1) is 6.42 Å². The largest absolute Gasteiger partial charge is 0.445 e. The molecule has 2 atom stereocenters. The number of carbonyl (C=O) groups excluding carboxylic acids is 1. The molecule has 1 fully saturated rings. The minimum atomic E-state index is -0.237. The number of amides is 1. The topological polar surface area (TPSA) is 38.8 Å². The van der Waals surface area contributed by atoms with Gasteiger partial charge >= 0.3 is 6.09 Å². The van der Waals surface area contributed by atoms with Crippen LogP contribution in [0.5, 0.6) is 0 Å². The third kappa shape index (κ3) is 4.78. The summed E-state index contributed by atoms with van der Waals surface area (Å²) in [5, 5.41) is 0. The van der Waals surface area contributed by atoms with E-state index in [2.05, 4.69) is 12.8 Å². The van der Waals surface area contributed by atoms with Crippen LogP contribution in [0.2, 0.25) is 0 Å². The highest BCUT2D eigenvalue weighted by atomic mass is 16.6. The number of likely N-dealkylation sites (tertiary alicyclic amines) is 1. The van der Waals surface area contributed by atoms with Crippen molar-refractivity contribution in [1.82, 2.24) is 4.90 Å². The highest BCUT2D eigenvalue weighted by molar-refractivity contribution is 5.68. The molecule has 1 amide bonds. The third-order valence-electron chi connectivity index (χ3n) is 3.96. The summed E-state index contributed by atoms with van der Waals surface area (Å²) >= 11 is 0. The Labute approximate surface area is 132 Å². The van der Waals surface area contributed by atoms with Crippen LogP contribution in [0, 0.1) is 18.3 Å². The molecular weight excluding hydrogens is 278 g/mol. The number of carbonyl (C=O) groups is 1. The SMILES string of the molecule is C#CCOCC1CCN(C(=O)OCc2ccccc2)C(C)C1. The molecule has 22 heavy (non-hydrogen) atoms. The number of benzene rings is 1. The first-order valence-corrected chi connectivity index (χ1v) is 7.69. The molecule has 1 heterocycles. The second kappa shape index (κ2) is 8.45. The van der Waals surface area contributed by atoms with Gasteiger partial charge in [0.1, 0.15) is 13.2 Å². The van der Waals surface area contributed by atoms with Gasteiger partial charge < -0.3 is 14.4 Å². The van der Waals surface area contributed by atoms with Gasteiger partial charge in [-0.05, 0) is 31.2 Å². The molecule has 0 saturated carbocycles. The van der Waals surface area contributed by atoms with Crippen LogP contribution in [0.4, 0.5) is 4.79 Å². The van der Waals surface area contributed by atoms with Gasteiger partial charge in [0.15, 0.2) is 0 Å². The third-order valence-corrected chi connectivity index (χ3v) is 3.96. The zero-order chi connectivity index (χ0) is 15.8. The molecule has 118 valence electrons. The average Bonchev–Trinajstić information content (AvgIpc) is 2.54. The lowest BCUT2D eigenvalue weighted by atomic mass is 9.92. The summed E-state index contributed by atoms with van der Waals surface area (Å²) in [6.45, 7) is 4.10. The molecule has 0 aromatic heterocycles. The van der Waals surface area contributed by atoms with Crippen LogP contribution in [0.1, 0.15) is 25.3 Å². The Morgan fingerprint density at radius 2 is 2.18 bits per heavy atom. The van der Waals surface area contributed by atoms with Crippen LogP contribution < -0.4 is 0 Å². The van der Waals surface area contributed by atoms with Crippen LogP contribution in [0.15, 0.2) is 30.3 Å². The maximum Gasteiger partial charge on any atom is 0.410 e. The number of rotatable bonds is 5. The van der Waals surface area contributed by atoms with Crippen molar-refractivity contribution < 1.29 is 14.3 Å². The molecule has 1 aliphatic rings. The summed E-state index contributed by atoms with van der Waals surface area (Å²) in [6, 6.07) is 9.88. The van der Waals surface area contributed by atoms with Crippen molar-refractivity contribution in [1.29, 1.82) is 0 Å².